The number of carbonyl (C=O) groups excluding carboxylic acids is 2. The molecule has 0 spiro atoms. The van der Waals surface area contributed by atoms with E-state index in [1.54, 1.807) is 6.07 Å². The Balaban J connectivity index is 1.27. The van der Waals surface area contributed by atoms with Gasteiger partial charge in [-0.05, 0) is 23.6 Å². The van der Waals surface area contributed by atoms with Crippen molar-refractivity contribution in [1.82, 2.24) is 4.90 Å². The van der Waals surface area contributed by atoms with Crippen LogP contribution in [0.3, 0.4) is 0 Å². The number of rotatable bonds is 5. The maximum Gasteiger partial charge on any atom is 0.266 e. The lowest BCUT2D eigenvalue weighted by atomic mass is 10.0. The number of fused-ring (bicyclic) bond motifs is 1. The van der Waals surface area contributed by atoms with E-state index in [9.17, 15) is 9.59 Å². The van der Waals surface area contributed by atoms with Gasteiger partial charge in [-0.1, -0.05) is 50.2 Å². The predicted octanol–water partition coefficient (Wildman–Crippen LogP) is 1.83. The van der Waals surface area contributed by atoms with Crippen molar-refractivity contribution >= 4 is 17.5 Å². The average molecular weight is 409 g/mol. The number of nitrogens with one attached hydrogen (secondary N) is 2. The summed E-state index contributed by atoms with van der Waals surface area (Å²) in [6.07, 6.45) is -0.691. The number of amides is 2. The minimum Gasteiger partial charge on any atom is -0.478 e. The molecule has 1 fully saturated rings. The van der Waals surface area contributed by atoms with Gasteiger partial charge in [-0.2, -0.15) is 0 Å². The van der Waals surface area contributed by atoms with E-state index in [1.165, 1.54) is 16.0 Å². The SMILES string of the molecule is CC(C)c1ccc(C[NH+]2CCN(C(=O)C[C@H]3Oc4ccccc4NC3=O)CC2)cc1. The molecule has 0 aromatic heterocycles. The molecular formula is C24H30N3O3+. The number of hydrogen-bond donors (Lipinski definition) is 2. The van der Waals surface area contributed by atoms with Gasteiger partial charge in [0.05, 0.1) is 38.3 Å². The van der Waals surface area contributed by atoms with Crippen LogP contribution in [0.1, 0.15) is 37.3 Å². The van der Waals surface area contributed by atoms with E-state index < -0.39 is 6.10 Å². The van der Waals surface area contributed by atoms with Crippen LogP contribution in [0, 0.1) is 0 Å². The Labute approximate surface area is 177 Å². The summed E-state index contributed by atoms with van der Waals surface area (Å²) in [6, 6.07) is 16.2. The van der Waals surface area contributed by atoms with Crippen molar-refractivity contribution in [2.45, 2.75) is 38.8 Å². The van der Waals surface area contributed by atoms with Crippen LogP contribution in [0.15, 0.2) is 48.5 Å². The van der Waals surface area contributed by atoms with E-state index >= 15 is 0 Å². The molecule has 0 radical (unpaired) electrons. The molecule has 2 aromatic rings. The van der Waals surface area contributed by atoms with E-state index in [1.807, 2.05) is 23.1 Å². The molecule has 1 atom stereocenters. The minimum absolute atomic E-state index is 0.0186. The monoisotopic (exact) mass is 408 g/mol. The number of quaternary nitrogens is 1. The molecule has 2 N–H and O–H groups in total. The van der Waals surface area contributed by atoms with Gasteiger partial charge in [0, 0.05) is 5.56 Å². The van der Waals surface area contributed by atoms with Gasteiger partial charge in [0.15, 0.2) is 6.10 Å². The van der Waals surface area contributed by atoms with Crippen molar-refractivity contribution in [2.24, 2.45) is 0 Å². The molecule has 6 heteroatoms. The van der Waals surface area contributed by atoms with Crippen LogP contribution in [-0.2, 0) is 16.1 Å². The lowest BCUT2D eigenvalue weighted by Crippen LogP contribution is -3.13. The highest BCUT2D eigenvalue weighted by Crippen LogP contribution is 2.29. The largest absolute Gasteiger partial charge is 0.478 e. The fraction of sp³-hybridized carbons (Fsp3) is 0.417. The van der Waals surface area contributed by atoms with Crippen LogP contribution in [0.25, 0.3) is 0 Å². The summed E-state index contributed by atoms with van der Waals surface area (Å²) in [7, 11) is 0. The van der Waals surface area contributed by atoms with Gasteiger partial charge in [0.25, 0.3) is 5.91 Å². The lowest BCUT2D eigenvalue weighted by Gasteiger charge is -2.33. The van der Waals surface area contributed by atoms with Crippen molar-refractivity contribution in [3.05, 3.63) is 59.7 Å². The third-order valence-corrected chi connectivity index (χ3v) is 5.99. The van der Waals surface area contributed by atoms with Gasteiger partial charge < -0.3 is 19.9 Å². The molecule has 6 nitrogen and oxygen atoms in total. The average Bonchev–Trinajstić information content (AvgIpc) is 2.75. The summed E-state index contributed by atoms with van der Waals surface area (Å²) < 4.78 is 5.77. The normalized spacial score (nSPS) is 19.2. The van der Waals surface area contributed by atoms with Crippen LogP contribution < -0.4 is 15.0 Å². The Morgan fingerprint density at radius 2 is 1.83 bits per heavy atom. The van der Waals surface area contributed by atoms with Crippen LogP contribution in [-0.4, -0.2) is 49.0 Å². The number of nitrogens with zero attached hydrogens (tertiary/aromatic N) is 1. The van der Waals surface area contributed by atoms with Crippen molar-refractivity contribution in [3.8, 4) is 5.75 Å². The Bertz CT molecular complexity index is 902. The van der Waals surface area contributed by atoms with Crippen LogP contribution >= 0.6 is 0 Å². The Hall–Kier alpha value is -2.86. The Morgan fingerprint density at radius 1 is 1.13 bits per heavy atom. The number of ether oxygens (including phenoxy) is 1. The quantitative estimate of drug-likeness (QED) is 0.794. The zero-order valence-corrected chi connectivity index (χ0v) is 17.7. The molecule has 1 saturated heterocycles. The summed E-state index contributed by atoms with van der Waals surface area (Å²) in [5.74, 6) is 0.892. The van der Waals surface area contributed by atoms with Gasteiger partial charge in [0.2, 0.25) is 5.91 Å². The van der Waals surface area contributed by atoms with Gasteiger partial charge in [0.1, 0.15) is 12.3 Å². The van der Waals surface area contributed by atoms with E-state index in [-0.39, 0.29) is 18.2 Å². The van der Waals surface area contributed by atoms with E-state index in [4.69, 9.17) is 4.74 Å². The van der Waals surface area contributed by atoms with Gasteiger partial charge in [-0.25, -0.2) is 0 Å². The summed E-state index contributed by atoms with van der Waals surface area (Å²) in [4.78, 5) is 28.4. The number of carbonyl (C=O) groups is 2. The number of piperazine rings is 1. The highest BCUT2D eigenvalue weighted by atomic mass is 16.5. The molecule has 158 valence electrons. The predicted molar refractivity (Wildman–Crippen MR) is 116 cm³/mol. The molecule has 2 heterocycles. The first-order valence-electron chi connectivity index (χ1n) is 10.8. The van der Waals surface area contributed by atoms with Crippen LogP contribution in [0.4, 0.5) is 5.69 Å². The molecule has 0 unspecified atom stereocenters. The van der Waals surface area contributed by atoms with Gasteiger partial charge >= 0.3 is 0 Å². The van der Waals surface area contributed by atoms with E-state index in [0.717, 1.165) is 19.6 Å². The lowest BCUT2D eigenvalue weighted by molar-refractivity contribution is -0.917. The second-order valence-corrected chi connectivity index (χ2v) is 8.50. The molecule has 0 bridgehead atoms. The second kappa shape index (κ2) is 8.88. The number of para-hydroxylation sites is 2. The van der Waals surface area contributed by atoms with Gasteiger partial charge in [-0.3, -0.25) is 9.59 Å². The van der Waals surface area contributed by atoms with Crippen molar-refractivity contribution < 1.29 is 19.2 Å². The third-order valence-electron chi connectivity index (χ3n) is 5.99. The summed E-state index contributed by atoms with van der Waals surface area (Å²) in [5.41, 5.74) is 3.35. The highest BCUT2D eigenvalue weighted by molar-refractivity contribution is 5.99. The first kappa shape index (κ1) is 20.4. The molecule has 0 aliphatic carbocycles. The molecule has 2 aliphatic rings. The van der Waals surface area contributed by atoms with E-state index in [2.05, 4.69) is 43.4 Å². The first-order chi connectivity index (χ1) is 14.5. The first-order valence-corrected chi connectivity index (χ1v) is 10.8. The molecular weight excluding hydrogens is 378 g/mol. The fourth-order valence-electron chi connectivity index (χ4n) is 4.07. The molecule has 2 amide bonds. The third kappa shape index (κ3) is 4.65. The Kier molecular flexibility index (Phi) is 6.04. The van der Waals surface area contributed by atoms with E-state index in [0.29, 0.717) is 30.4 Å². The number of benzene rings is 2. The second-order valence-electron chi connectivity index (χ2n) is 8.50. The summed E-state index contributed by atoms with van der Waals surface area (Å²) in [5, 5.41) is 2.82. The number of hydrogen-bond acceptors (Lipinski definition) is 3. The smallest absolute Gasteiger partial charge is 0.266 e. The standard InChI is InChI=1S/C24H29N3O3/c1-17(2)19-9-7-18(8-10-19)16-26-11-13-27(14-12-26)23(28)15-22-24(29)25-20-5-3-4-6-21(20)30-22/h3-10,17,22H,11-16H2,1-2H3,(H,25,29)/p+1/t22-/m1/s1. The molecule has 4 rings (SSSR count). The number of anilines is 1. The molecule has 2 aromatic carbocycles. The summed E-state index contributed by atoms with van der Waals surface area (Å²) in [6.45, 7) is 8.64. The highest BCUT2D eigenvalue weighted by Gasteiger charge is 2.32. The molecule has 0 saturated carbocycles. The van der Waals surface area contributed by atoms with Gasteiger partial charge in [-0.15, -0.1) is 0 Å². The minimum atomic E-state index is -0.766. The maximum atomic E-state index is 12.7. The summed E-state index contributed by atoms with van der Waals surface area (Å²) >= 11 is 0. The Morgan fingerprint density at radius 3 is 2.53 bits per heavy atom. The van der Waals surface area contributed by atoms with Crippen molar-refractivity contribution in [3.63, 3.8) is 0 Å². The van der Waals surface area contributed by atoms with Crippen molar-refractivity contribution in [1.29, 1.82) is 0 Å². The molecule has 2 aliphatic heterocycles. The zero-order valence-electron chi connectivity index (χ0n) is 17.7. The molecule has 30 heavy (non-hydrogen) atoms. The van der Waals surface area contributed by atoms with Crippen LogP contribution in [0.5, 0.6) is 5.75 Å². The zero-order chi connectivity index (χ0) is 21.1. The fourth-order valence-corrected chi connectivity index (χ4v) is 4.07. The topological polar surface area (TPSA) is 63.1 Å². The maximum absolute atomic E-state index is 12.7. The van der Waals surface area contributed by atoms with Crippen LogP contribution in [0.2, 0.25) is 0 Å². The van der Waals surface area contributed by atoms with Crippen molar-refractivity contribution in [2.75, 3.05) is 31.5 Å².